The summed E-state index contributed by atoms with van der Waals surface area (Å²) in [5, 5.41) is 2.71. The summed E-state index contributed by atoms with van der Waals surface area (Å²) in [5.41, 5.74) is 0.393. The van der Waals surface area contributed by atoms with Crippen LogP contribution < -0.4 is 10.1 Å². The molecule has 2 rings (SSSR count). The van der Waals surface area contributed by atoms with Crippen LogP contribution in [-0.4, -0.2) is 12.0 Å². The van der Waals surface area contributed by atoms with E-state index in [0.29, 0.717) is 11.4 Å². The van der Waals surface area contributed by atoms with Crippen molar-refractivity contribution >= 4 is 5.82 Å². The van der Waals surface area contributed by atoms with Gasteiger partial charge in [-0.25, -0.2) is 18.2 Å². The van der Waals surface area contributed by atoms with Gasteiger partial charge in [-0.15, -0.1) is 0 Å². The molecule has 0 radical (unpaired) electrons. The third kappa shape index (κ3) is 2.74. The van der Waals surface area contributed by atoms with Crippen molar-refractivity contribution < 1.29 is 26.7 Å². The van der Waals surface area contributed by atoms with Crippen LogP contribution in [0.3, 0.4) is 0 Å². The van der Waals surface area contributed by atoms with Crippen molar-refractivity contribution in [2.45, 2.75) is 6.61 Å². The zero-order valence-electron chi connectivity index (χ0n) is 10.7. The van der Waals surface area contributed by atoms with Crippen LogP contribution in [0, 0.1) is 29.1 Å². The highest BCUT2D eigenvalue weighted by molar-refractivity contribution is 5.43. The molecule has 0 saturated heterocycles. The smallest absolute Gasteiger partial charge is 0.207 e. The van der Waals surface area contributed by atoms with E-state index in [2.05, 4.69) is 10.3 Å². The molecule has 0 aliphatic rings. The van der Waals surface area contributed by atoms with Crippen LogP contribution >= 0.6 is 0 Å². The number of ether oxygens (including phenoxy) is 1. The highest BCUT2D eigenvalue weighted by atomic mass is 19.2. The second-order valence-electron chi connectivity index (χ2n) is 3.95. The fourth-order valence-electron chi connectivity index (χ4n) is 1.64. The average molecular weight is 304 g/mol. The molecule has 0 fully saturated rings. The van der Waals surface area contributed by atoms with Crippen molar-refractivity contribution in [2.24, 2.45) is 0 Å². The largest absolute Gasteiger partial charge is 0.483 e. The second-order valence-corrected chi connectivity index (χ2v) is 3.95. The molecule has 1 N–H and O–H groups in total. The summed E-state index contributed by atoms with van der Waals surface area (Å²) < 4.78 is 70.4. The van der Waals surface area contributed by atoms with E-state index >= 15 is 0 Å². The Hall–Kier alpha value is -2.38. The molecule has 0 aliphatic carbocycles. The van der Waals surface area contributed by atoms with Crippen LogP contribution in [0.1, 0.15) is 5.56 Å². The zero-order valence-corrected chi connectivity index (χ0v) is 10.7. The first kappa shape index (κ1) is 15.0. The lowest BCUT2D eigenvalue weighted by molar-refractivity contribution is 0.253. The Morgan fingerprint density at radius 3 is 2.14 bits per heavy atom. The molecule has 0 aliphatic heterocycles. The number of nitrogens with zero attached hydrogens (tertiary/aromatic N) is 1. The molecule has 21 heavy (non-hydrogen) atoms. The monoisotopic (exact) mass is 304 g/mol. The lowest BCUT2D eigenvalue weighted by atomic mass is 10.2. The van der Waals surface area contributed by atoms with Crippen LogP contribution in [0.4, 0.5) is 27.8 Å². The van der Waals surface area contributed by atoms with Gasteiger partial charge in [0.15, 0.2) is 5.75 Å². The molecule has 0 unspecified atom stereocenters. The van der Waals surface area contributed by atoms with E-state index < -0.39 is 41.4 Å². The van der Waals surface area contributed by atoms with E-state index in [0.717, 1.165) is 0 Å². The Morgan fingerprint density at radius 1 is 1.00 bits per heavy atom. The van der Waals surface area contributed by atoms with Crippen molar-refractivity contribution in [2.75, 3.05) is 12.4 Å². The van der Waals surface area contributed by atoms with E-state index in [1.807, 2.05) is 0 Å². The minimum Gasteiger partial charge on any atom is -0.483 e. The third-order valence-electron chi connectivity index (χ3n) is 2.67. The first-order valence-electron chi connectivity index (χ1n) is 5.73. The summed E-state index contributed by atoms with van der Waals surface area (Å²) >= 11 is 0. The Morgan fingerprint density at radius 2 is 1.57 bits per heavy atom. The van der Waals surface area contributed by atoms with Gasteiger partial charge in [-0.1, -0.05) is 6.07 Å². The fraction of sp³-hybridized carbons (Fsp3) is 0.154. The first-order valence-corrected chi connectivity index (χ1v) is 5.73. The van der Waals surface area contributed by atoms with E-state index in [4.69, 9.17) is 4.74 Å². The summed E-state index contributed by atoms with van der Waals surface area (Å²) in [6.07, 6.45) is 1.47. The number of anilines is 1. The minimum atomic E-state index is -2.23. The zero-order chi connectivity index (χ0) is 15.6. The van der Waals surface area contributed by atoms with Gasteiger partial charge in [-0.3, -0.25) is 0 Å². The van der Waals surface area contributed by atoms with E-state index in [1.54, 1.807) is 7.05 Å². The predicted octanol–water partition coefficient (Wildman–Crippen LogP) is 3.40. The van der Waals surface area contributed by atoms with Crippen molar-refractivity contribution in [3.05, 3.63) is 53.0 Å². The van der Waals surface area contributed by atoms with Crippen molar-refractivity contribution in [1.29, 1.82) is 0 Å². The maximum Gasteiger partial charge on any atom is 0.207 e. The van der Waals surface area contributed by atoms with Crippen molar-refractivity contribution in [1.82, 2.24) is 4.98 Å². The van der Waals surface area contributed by atoms with Gasteiger partial charge >= 0.3 is 0 Å². The molecule has 1 heterocycles. The topological polar surface area (TPSA) is 34.2 Å². The van der Waals surface area contributed by atoms with Crippen LogP contribution in [-0.2, 0) is 6.61 Å². The number of benzene rings is 1. The molecule has 3 nitrogen and oxygen atoms in total. The lowest BCUT2D eigenvalue weighted by Gasteiger charge is -2.12. The fourth-order valence-corrected chi connectivity index (χ4v) is 1.64. The Bertz CT molecular complexity index is 649. The number of aromatic nitrogens is 1. The SMILES string of the molecule is CNc1ncccc1COc1c(F)c(F)c(F)c(F)c1F. The Balaban J connectivity index is 2.33. The highest BCUT2D eigenvalue weighted by Gasteiger charge is 2.27. The minimum absolute atomic E-state index is 0.362. The maximum absolute atomic E-state index is 13.4. The summed E-state index contributed by atoms with van der Waals surface area (Å²) in [5.74, 6) is -11.3. The molecule has 112 valence electrons. The van der Waals surface area contributed by atoms with Gasteiger partial charge in [0, 0.05) is 18.8 Å². The second kappa shape index (κ2) is 5.94. The number of nitrogens with one attached hydrogen (secondary N) is 1. The van der Waals surface area contributed by atoms with Gasteiger partial charge in [0.05, 0.1) is 0 Å². The number of halogens is 5. The molecule has 2 aromatic rings. The Kier molecular flexibility index (Phi) is 4.25. The number of hydrogen-bond donors (Lipinski definition) is 1. The van der Waals surface area contributed by atoms with Gasteiger partial charge in [0.2, 0.25) is 29.1 Å². The summed E-state index contributed by atoms with van der Waals surface area (Å²) in [4.78, 5) is 3.92. The normalized spacial score (nSPS) is 10.6. The average Bonchev–Trinajstić information content (AvgIpc) is 2.51. The maximum atomic E-state index is 13.4. The molecule has 0 atom stereocenters. The molecule has 0 spiro atoms. The van der Waals surface area contributed by atoms with Crippen LogP contribution in [0.2, 0.25) is 0 Å². The quantitative estimate of drug-likeness (QED) is 0.534. The van der Waals surface area contributed by atoms with Gasteiger partial charge < -0.3 is 10.1 Å². The molecule has 0 amide bonds. The number of pyridine rings is 1. The summed E-state index contributed by atoms with van der Waals surface area (Å²) in [6, 6.07) is 3.07. The van der Waals surface area contributed by atoms with E-state index in [-0.39, 0.29) is 0 Å². The van der Waals surface area contributed by atoms with Gasteiger partial charge in [0.25, 0.3) is 0 Å². The molecular formula is C13H9F5N2O. The van der Waals surface area contributed by atoms with Gasteiger partial charge in [0.1, 0.15) is 12.4 Å². The summed E-state index contributed by atoms with van der Waals surface area (Å²) in [7, 11) is 1.56. The van der Waals surface area contributed by atoms with E-state index in [9.17, 15) is 22.0 Å². The standard InChI is InChI=1S/C13H9F5N2O/c1-19-13-6(3-2-4-20-13)5-21-12-10(17)8(15)7(14)9(16)11(12)18/h2-4H,5H2,1H3,(H,19,20). The van der Waals surface area contributed by atoms with E-state index in [1.165, 1.54) is 18.3 Å². The molecular weight excluding hydrogens is 295 g/mol. The third-order valence-corrected chi connectivity index (χ3v) is 2.67. The van der Waals surface area contributed by atoms with Crippen molar-refractivity contribution in [3.63, 3.8) is 0 Å². The van der Waals surface area contributed by atoms with Crippen LogP contribution in [0.25, 0.3) is 0 Å². The summed E-state index contributed by atoms with van der Waals surface area (Å²) in [6.45, 7) is -0.414. The van der Waals surface area contributed by atoms with Crippen LogP contribution in [0.5, 0.6) is 5.75 Å². The molecule has 1 aromatic carbocycles. The first-order chi connectivity index (χ1) is 9.97. The number of hydrogen-bond acceptors (Lipinski definition) is 3. The number of rotatable bonds is 4. The molecule has 0 saturated carbocycles. The van der Waals surface area contributed by atoms with Crippen molar-refractivity contribution in [3.8, 4) is 5.75 Å². The molecule has 8 heteroatoms. The Labute approximate surface area is 116 Å². The van der Waals surface area contributed by atoms with Crippen LogP contribution in [0.15, 0.2) is 18.3 Å². The van der Waals surface area contributed by atoms with Gasteiger partial charge in [-0.2, -0.15) is 8.78 Å². The molecule has 1 aromatic heterocycles. The highest BCUT2D eigenvalue weighted by Crippen LogP contribution is 2.30. The lowest BCUT2D eigenvalue weighted by Crippen LogP contribution is -2.08. The van der Waals surface area contributed by atoms with Gasteiger partial charge in [-0.05, 0) is 6.07 Å². The molecule has 0 bridgehead atoms. The predicted molar refractivity (Wildman–Crippen MR) is 64.3 cm³/mol.